The summed E-state index contributed by atoms with van der Waals surface area (Å²) in [5.74, 6) is -0.729. The third-order valence-electron chi connectivity index (χ3n) is 6.24. The van der Waals surface area contributed by atoms with Gasteiger partial charge in [0.15, 0.2) is 0 Å². The molecule has 38 heavy (non-hydrogen) atoms. The van der Waals surface area contributed by atoms with Gasteiger partial charge in [0, 0.05) is 12.6 Å². The van der Waals surface area contributed by atoms with Gasteiger partial charge in [-0.3, -0.25) is 13.9 Å². The van der Waals surface area contributed by atoms with Crippen molar-refractivity contribution in [3.63, 3.8) is 0 Å². The fourth-order valence-corrected chi connectivity index (χ4v) is 5.11. The zero-order valence-electron chi connectivity index (χ0n) is 21.4. The molecule has 7 nitrogen and oxygen atoms in total. The Kier molecular flexibility index (Phi) is 7.93. The molecule has 1 atom stereocenters. The standard InChI is InChI=1S/C30H29N3O4S/c1-21-13-19-26(20-14-21)38(36,37)33(3)25-17-15-24(16-18-25)29(34)32-28-12-8-7-11-27(28)30(35)31-22(2)23-9-5-4-6-10-23/h4-20,22H,1-3H3,(H,31,35)(H,32,34)/t22-/m1/s1. The van der Waals surface area contributed by atoms with Crippen LogP contribution in [0.3, 0.4) is 0 Å². The number of aryl methyl sites for hydroxylation is 1. The minimum Gasteiger partial charge on any atom is -0.345 e. The summed E-state index contributed by atoms with van der Waals surface area (Å²) in [4.78, 5) is 26.2. The summed E-state index contributed by atoms with van der Waals surface area (Å²) in [6.07, 6.45) is 0. The van der Waals surface area contributed by atoms with Crippen LogP contribution in [0.15, 0.2) is 108 Å². The molecule has 0 bridgehead atoms. The average molecular weight is 528 g/mol. The normalized spacial score (nSPS) is 11.9. The lowest BCUT2D eigenvalue weighted by molar-refractivity contribution is 0.0940. The molecule has 0 spiro atoms. The molecule has 0 unspecified atom stereocenters. The number of nitrogens with one attached hydrogen (secondary N) is 2. The summed E-state index contributed by atoms with van der Waals surface area (Å²) in [6, 6.07) is 29.0. The largest absolute Gasteiger partial charge is 0.345 e. The molecule has 4 aromatic carbocycles. The number of para-hydroxylation sites is 1. The molecular weight excluding hydrogens is 498 g/mol. The minimum absolute atomic E-state index is 0.184. The predicted molar refractivity (Wildman–Crippen MR) is 150 cm³/mol. The molecule has 194 valence electrons. The lowest BCUT2D eigenvalue weighted by Crippen LogP contribution is -2.28. The zero-order valence-corrected chi connectivity index (χ0v) is 22.2. The molecule has 4 rings (SSSR count). The van der Waals surface area contributed by atoms with Crippen LogP contribution in [0.1, 0.15) is 44.8 Å². The van der Waals surface area contributed by atoms with Crippen molar-refractivity contribution in [2.24, 2.45) is 0 Å². The fraction of sp³-hybridized carbons (Fsp3) is 0.133. The second kappa shape index (κ2) is 11.3. The maximum Gasteiger partial charge on any atom is 0.264 e. The molecule has 0 fully saturated rings. The summed E-state index contributed by atoms with van der Waals surface area (Å²) < 4.78 is 27.1. The highest BCUT2D eigenvalue weighted by Crippen LogP contribution is 2.24. The van der Waals surface area contributed by atoms with E-state index in [0.29, 0.717) is 22.5 Å². The van der Waals surface area contributed by atoms with Gasteiger partial charge in [0.1, 0.15) is 0 Å². The van der Waals surface area contributed by atoms with Crippen LogP contribution in [-0.2, 0) is 10.0 Å². The van der Waals surface area contributed by atoms with Crippen LogP contribution in [0.25, 0.3) is 0 Å². The lowest BCUT2D eigenvalue weighted by Gasteiger charge is -2.20. The molecule has 0 aliphatic carbocycles. The Balaban J connectivity index is 1.47. The summed E-state index contributed by atoms with van der Waals surface area (Å²) in [5.41, 5.74) is 3.38. The van der Waals surface area contributed by atoms with Crippen molar-refractivity contribution in [1.29, 1.82) is 0 Å². The Morgan fingerprint density at radius 1 is 0.763 bits per heavy atom. The van der Waals surface area contributed by atoms with Crippen molar-refractivity contribution >= 4 is 33.2 Å². The average Bonchev–Trinajstić information content (AvgIpc) is 2.93. The Labute approximate surface area is 223 Å². The number of hydrogen-bond donors (Lipinski definition) is 2. The van der Waals surface area contributed by atoms with Gasteiger partial charge in [0.2, 0.25) is 0 Å². The van der Waals surface area contributed by atoms with Crippen molar-refractivity contribution < 1.29 is 18.0 Å². The summed E-state index contributed by atoms with van der Waals surface area (Å²) in [6.45, 7) is 3.78. The highest BCUT2D eigenvalue weighted by molar-refractivity contribution is 7.92. The first-order valence-corrected chi connectivity index (χ1v) is 13.5. The first-order chi connectivity index (χ1) is 18.2. The smallest absolute Gasteiger partial charge is 0.264 e. The Morgan fingerprint density at radius 3 is 2.03 bits per heavy atom. The van der Waals surface area contributed by atoms with Crippen molar-refractivity contribution in [2.45, 2.75) is 24.8 Å². The molecule has 0 aliphatic heterocycles. The second-order valence-corrected chi connectivity index (χ2v) is 10.9. The van der Waals surface area contributed by atoms with Gasteiger partial charge in [-0.1, -0.05) is 60.2 Å². The van der Waals surface area contributed by atoms with Crippen LogP contribution in [0.4, 0.5) is 11.4 Å². The van der Waals surface area contributed by atoms with Crippen LogP contribution in [0.2, 0.25) is 0 Å². The molecule has 2 N–H and O–H groups in total. The van der Waals surface area contributed by atoms with Crippen LogP contribution in [0, 0.1) is 6.92 Å². The maximum atomic E-state index is 13.0. The summed E-state index contributed by atoms with van der Waals surface area (Å²) >= 11 is 0. The number of amides is 2. The highest BCUT2D eigenvalue weighted by Gasteiger charge is 2.22. The van der Waals surface area contributed by atoms with E-state index in [-0.39, 0.29) is 16.8 Å². The van der Waals surface area contributed by atoms with Gasteiger partial charge in [-0.2, -0.15) is 0 Å². The van der Waals surface area contributed by atoms with Gasteiger partial charge in [-0.05, 0) is 67.9 Å². The van der Waals surface area contributed by atoms with Crippen molar-refractivity contribution in [3.8, 4) is 0 Å². The van der Waals surface area contributed by atoms with E-state index in [9.17, 15) is 18.0 Å². The SMILES string of the molecule is Cc1ccc(S(=O)(=O)N(C)c2ccc(C(=O)Nc3ccccc3C(=O)N[C@H](C)c3ccccc3)cc2)cc1. The molecule has 4 aromatic rings. The monoisotopic (exact) mass is 527 g/mol. The number of carbonyl (C=O) groups is 2. The van der Waals surface area contributed by atoms with Crippen LogP contribution < -0.4 is 14.9 Å². The molecule has 0 saturated carbocycles. The molecule has 0 radical (unpaired) electrons. The van der Waals surface area contributed by atoms with Gasteiger partial charge in [0.25, 0.3) is 21.8 Å². The second-order valence-electron chi connectivity index (χ2n) is 8.94. The Hall–Kier alpha value is -4.43. The van der Waals surface area contributed by atoms with E-state index < -0.39 is 15.9 Å². The number of hydrogen-bond acceptors (Lipinski definition) is 4. The highest BCUT2D eigenvalue weighted by atomic mass is 32.2. The topological polar surface area (TPSA) is 95.6 Å². The third-order valence-corrected chi connectivity index (χ3v) is 8.04. The lowest BCUT2D eigenvalue weighted by atomic mass is 10.1. The number of nitrogens with zero attached hydrogens (tertiary/aromatic N) is 1. The van der Waals surface area contributed by atoms with E-state index in [2.05, 4.69) is 10.6 Å². The number of sulfonamides is 1. The molecular formula is C30H29N3O4S. The van der Waals surface area contributed by atoms with E-state index in [1.165, 1.54) is 11.4 Å². The molecule has 8 heteroatoms. The summed E-state index contributed by atoms with van der Waals surface area (Å²) in [5, 5.41) is 5.76. The number of carbonyl (C=O) groups excluding carboxylic acids is 2. The molecule has 0 aromatic heterocycles. The van der Waals surface area contributed by atoms with Crippen LogP contribution in [-0.4, -0.2) is 27.3 Å². The van der Waals surface area contributed by atoms with Crippen molar-refractivity contribution in [1.82, 2.24) is 5.32 Å². The minimum atomic E-state index is -3.75. The molecule has 0 aliphatic rings. The van der Waals surface area contributed by atoms with Gasteiger partial charge in [0.05, 0.1) is 27.9 Å². The van der Waals surface area contributed by atoms with Crippen LogP contribution >= 0.6 is 0 Å². The number of benzene rings is 4. The fourth-order valence-electron chi connectivity index (χ4n) is 3.91. The molecule has 0 heterocycles. The van der Waals surface area contributed by atoms with Gasteiger partial charge >= 0.3 is 0 Å². The number of rotatable bonds is 8. The molecule has 2 amide bonds. The first kappa shape index (κ1) is 26.6. The van der Waals surface area contributed by atoms with Crippen molar-refractivity contribution in [2.75, 3.05) is 16.7 Å². The van der Waals surface area contributed by atoms with E-state index in [1.807, 2.05) is 44.2 Å². The van der Waals surface area contributed by atoms with Crippen molar-refractivity contribution in [3.05, 3.63) is 125 Å². The quantitative estimate of drug-likeness (QED) is 0.313. The van der Waals surface area contributed by atoms with E-state index in [0.717, 1.165) is 11.1 Å². The van der Waals surface area contributed by atoms with E-state index >= 15 is 0 Å². The number of anilines is 2. The van der Waals surface area contributed by atoms with Gasteiger partial charge < -0.3 is 10.6 Å². The Morgan fingerprint density at radius 2 is 1.37 bits per heavy atom. The third kappa shape index (κ3) is 5.92. The Bertz CT molecular complexity index is 1530. The van der Waals surface area contributed by atoms with E-state index in [4.69, 9.17) is 0 Å². The first-order valence-electron chi connectivity index (χ1n) is 12.1. The predicted octanol–water partition coefficient (Wildman–Crippen LogP) is 5.56. The molecule has 0 saturated heterocycles. The van der Waals surface area contributed by atoms with Gasteiger partial charge in [-0.15, -0.1) is 0 Å². The maximum absolute atomic E-state index is 13.0. The summed E-state index contributed by atoms with van der Waals surface area (Å²) in [7, 11) is -2.28. The van der Waals surface area contributed by atoms with Crippen LogP contribution in [0.5, 0.6) is 0 Å². The van der Waals surface area contributed by atoms with E-state index in [1.54, 1.807) is 72.8 Å². The van der Waals surface area contributed by atoms with Gasteiger partial charge in [-0.25, -0.2) is 8.42 Å². The zero-order chi connectivity index (χ0) is 27.3.